The number of rotatable bonds is 2. The molecular weight excluding hydrogens is 184 g/mol. The summed E-state index contributed by atoms with van der Waals surface area (Å²) in [5.74, 6) is 0.0473. The molecule has 0 aromatic carbocycles. The fourth-order valence-electron chi connectivity index (χ4n) is 0.862. The van der Waals surface area contributed by atoms with Crippen LogP contribution in [-0.4, -0.2) is 15.9 Å². The lowest BCUT2D eigenvalue weighted by molar-refractivity contribution is -0.114. The second-order valence-corrected chi connectivity index (χ2v) is 2.56. The number of anilines is 1. The van der Waals surface area contributed by atoms with E-state index in [9.17, 15) is 4.79 Å². The number of nitrogens with one attached hydrogen (secondary N) is 1. The van der Waals surface area contributed by atoms with Crippen molar-refractivity contribution in [1.29, 1.82) is 0 Å². The Balaban J connectivity index is 3.06. The van der Waals surface area contributed by atoms with Crippen LogP contribution in [0.3, 0.4) is 0 Å². The first kappa shape index (κ1) is 9.94. The summed E-state index contributed by atoms with van der Waals surface area (Å²) < 4.78 is 0. The van der Waals surface area contributed by atoms with Crippen molar-refractivity contribution >= 4 is 17.7 Å². The molecule has 0 fully saturated rings. The highest BCUT2D eigenvalue weighted by Gasteiger charge is 2.01. The molecule has 0 aliphatic carbocycles. The minimum atomic E-state index is -0.275. The van der Waals surface area contributed by atoms with Gasteiger partial charge in [-0.3, -0.25) is 10.1 Å². The first-order valence-corrected chi connectivity index (χ1v) is 3.80. The lowest BCUT2D eigenvalue weighted by Crippen LogP contribution is -2.09. The largest absolute Gasteiger partial charge is 0.295 e. The molecule has 0 bridgehead atoms. The summed E-state index contributed by atoms with van der Waals surface area (Å²) in [7, 11) is 0. The van der Waals surface area contributed by atoms with Crippen LogP contribution >= 0.6 is 0 Å². The van der Waals surface area contributed by atoms with Crippen LogP contribution < -0.4 is 5.32 Å². The fourth-order valence-corrected chi connectivity index (χ4v) is 0.862. The molecule has 1 heterocycles. The van der Waals surface area contributed by atoms with Gasteiger partial charge in [0.2, 0.25) is 11.9 Å². The van der Waals surface area contributed by atoms with Crippen LogP contribution in [0.1, 0.15) is 12.6 Å². The summed E-state index contributed by atoms with van der Waals surface area (Å²) in [6.45, 7) is 3.06. The maximum atomic E-state index is 10.7. The molecule has 1 aromatic rings. The third kappa shape index (κ3) is 2.72. The Kier molecular flexibility index (Phi) is 2.98. The highest BCUT2D eigenvalue weighted by atomic mass is 16.1. The third-order valence-electron chi connectivity index (χ3n) is 1.28. The molecule has 1 rings (SSSR count). The number of hydrogen-bond acceptors (Lipinski definition) is 4. The number of nitrogens with zero attached hydrogens (tertiary/aromatic N) is 5. The van der Waals surface area contributed by atoms with E-state index in [2.05, 4.69) is 25.3 Å². The normalized spacial score (nSPS) is 9.00. The number of azide groups is 1. The van der Waals surface area contributed by atoms with E-state index in [4.69, 9.17) is 5.53 Å². The average molecular weight is 192 g/mol. The van der Waals surface area contributed by atoms with Crippen molar-refractivity contribution in [3.8, 4) is 0 Å². The van der Waals surface area contributed by atoms with E-state index in [1.165, 1.54) is 13.0 Å². The van der Waals surface area contributed by atoms with Crippen LogP contribution in [0.15, 0.2) is 11.2 Å². The van der Waals surface area contributed by atoms with Crippen LogP contribution in [-0.2, 0) is 4.79 Å². The first-order chi connectivity index (χ1) is 6.61. The van der Waals surface area contributed by atoms with Gasteiger partial charge in [-0.2, -0.15) is 0 Å². The first-order valence-electron chi connectivity index (χ1n) is 3.80. The van der Waals surface area contributed by atoms with Crippen molar-refractivity contribution in [3.63, 3.8) is 0 Å². The van der Waals surface area contributed by atoms with Crippen molar-refractivity contribution < 1.29 is 4.79 Å². The van der Waals surface area contributed by atoms with E-state index in [1.807, 2.05) is 0 Å². The Morgan fingerprint density at radius 3 is 2.93 bits per heavy atom. The smallest absolute Gasteiger partial charge is 0.230 e. The van der Waals surface area contributed by atoms with Crippen molar-refractivity contribution in [1.82, 2.24) is 9.97 Å². The minimum absolute atomic E-state index is 0.139. The van der Waals surface area contributed by atoms with Gasteiger partial charge in [-0.1, -0.05) is 0 Å². The van der Waals surface area contributed by atoms with Gasteiger partial charge in [0.25, 0.3) is 0 Å². The molecule has 7 nitrogen and oxygen atoms in total. The highest BCUT2D eigenvalue weighted by Crippen LogP contribution is 2.12. The van der Waals surface area contributed by atoms with Gasteiger partial charge < -0.3 is 0 Å². The van der Waals surface area contributed by atoms with Gasteiger partial charge in [0.1, 0.15) is 5.82 Å². The molecule has 0 unspecified atom stereocenters. The number of hydrogen-bond donors (Lipinski definition) is 1. The molecule has 0 aliphatic heterocycles. The molecule has 0 spiro atoms. The van der Waals surface area contributed by atoms with E-state index in [0.29, 0.717) is 5.69 Å². The maximum Gasteiger partial charge on any atom is 0.230 e. The molecule has 1 amide bonds. The molecule has 0 radical (unpaired) electrons. The summed E-state index contributed by atoms with van der Waals surface area (Å²) in [5.41, 5.74) is 8.81. The summed E-state index contributed by atoms with van der Waals surface area (Å²) >= 11 is 0. The molecular formula is C7H8N6O. The lowest BCUT2D eigenvalue weighted by atomic mass is 10.4. The fraction of sp³-hybridized carbons (Fsp3) is 0.286. The molecule has 0 saturated carbocycles. The molecule has 1 aromatic heterocycles. The Morgan fingerprint density at radius 1 is 1.64 bits per heavy atom. The van der Waals surface area contributed by atoms with Crippen LogP contribution in [0.5, 0.6) is 0 Å². The zero-order valence-electron chi connectivity index (χ0n) is 7.72. The van der Waals surface area contributed by atoms with E-state index in [1.54, 1.807) is 6.92 Å². The lowest BCUT2D eigenvalue weighted by Gasteiger charge is -2.01. The van der Waals surface area contributed by atoms with Gasteiger partial charge in [0.15, 0.2) is 0 Å². The second kappa shape index (κ2) is 4.20. The number of aryl methyl sites for hydroxylation is 1. The number of aromatic nitrogens is 2. The average Bonchev–Trinajstić information content (AvgIpc) is 2.01. The Labute approximate surface area is 79.8 Å². The van der Waals surface area contributed by atoms with E-state index < -0.39 is 0 Å². The van der Waals surface area contributed by atoms with Gasteiger partial charge in [-0.05, 0) is 23.6 Å². The van der Waals surface area contributed by atoms with Crippen LogP contribution in [0.2, 0.25) is 0 Å². The Morgan fingerprint density at radius 2 is 2.36 bits per heavy atom. The van der Waals surface area contributed by atoms with Crippen LogP contribution in [0, 0.1) is 6.92 Å². The summed E-state index contributed by atoms with van der Waals surface area (Å²) in [6, 6.07) is 1.52. The predicted octanol–water partition coefficient (Wildman–Crippen LogP) is 1.69. The second-order valence-electron chi connectivity index (χ2n) is 2.56. The molecule has 0 saturated heterocycles. The Bertz CT molecular complexity index is 409. The topological polar surface area (TPSA) is 104 Å². The van der Waals surface area contributed by atoms with Gasteiger partial charge in [-0.15, -0.1) is 0 Å². The van der Waals surface area contributed by atoms with Gasteiger partial charge in [-0.25, -0.2) is 9.97 Å². The van der Waals surface area contributed by atoms with Gasteiger partial charge in [0, 0.05) is 17.5 Å². The summed E-state index contributed by atoms with van der Waals surface area (Å²) in [5, 5.41) is 5.71. The molecule has 14 heavy (non-hydrogen) atoms. The maximum absolute atomic E-state index is 10.7. The van der Waals surface area contributed by atoms with Crippen molar-refractivity contribution in [2.24, 2.45) is 5.11 Å². The molecule has 0 aliphatic rings. The van der Waals surface area contributed by atoms with E-state index in [0.717, 1.165) is 0 Å². The van der Waals surface area contributed by atoms with Gasteiger partial charge in [0.05, 0.1) is 0 Å². The standard InChI is InChI=1S/C7H8N6O/c1-4-3-6(12-13-8)11-7(9-4)10-5(2)14/h3H,1-2H3,(H,9,10,11,14). The molecule has 72 valence electrons. The zero-order valence-corrected chi connectivity index (χ0v) is 7.72. The number of carbonyl (C=O) groups excluding carboxylic acids is 1. The van der Waals surface area contributed by atoms with E-state index in [-0.39, 0.29) is 17.7 Å². The predicted molar refractivity (Wildman–Crippen MR) is 49.9 cm³/mol. The summed E-state index contributed by atoms with van der Waals surface area (Å²) in [6.07, 6.45) is 0. The quantitative estimate of drug-likeness (QED) is 0.437. The minimum Gasteiger partial charge on any atom is -0.295 e. The van der Waals surface area contributed by atoms with Crippen LogP contribution in [0.4, 0.5) is 11.8 Å². The zero-order chi connectivity index (χ0) is 10.6. The number of carbonyl (C=O) groups is 1. The van der Waals surface area contributed by atoms with E-state index >= 15 is 0 Å². The van der Waals surface area contributed by atoms with Crippen molar-refractivity contribution in [2.45, 2.75) is 13.8 Å². The van der Waals surface area contributed by atoms with Crippen molar-refractivity contribution in [3.05, 3.63) is 22.2 Å². The monoisotopic (exact) mass is 192 g/mol. The molecule has 7 heteroatoms. The Hall–Kier alpha value is -2.14. The highest BCUT2D eigenvalue weighted by molar-refractivity contribution is 5.86. The summed E-state index contributed by atoms with van der Waals surface area (Å²) in [4.78, 5) is 21.0. The van der Waals surface area contributed by atoms with Gasteiger partial charge >= 0.3 is 0 Å². The molecule has 1 N–H and O–H groups in total. The number of amides is 1. The van der Waals surface area contributed by atoms with Crippen LogP contribution in [0.25, 0.3) is 10.4 Å². The van der Waals surface area contributed by atoms with Crippen molar-refractivity contribution in [2.75, 3.05) is 5.32 Å². The SMILES string of the molecule is CC(=O)Nc1nc(C)cc(N=[N+]=[N-])n1. The molecule has 0 atom stereocenters. The third-order valence-corrected chi connectivity index (χ3v) is 1.28.